The van der Waals surface area contributed by atoms with Crippen LogP contribution in [0.5, 0.6) is 0 Å². The van der Waals surface area contributed by atoms with Crippen LogP contribution in [0.4, 0.5) is 4.39 Å². The van der Waals surface area contributed by atoms with E-state index in [0.717, 1.165) is 37.3 Å². The predicted molar refractivity (Wildman–Crippen MR) is 92.9 cm³/mol. The molecule has 1 aromatic carbocycles. The monoisotopic (exact) mass is 352 g/mol. The summed E-state index contributed by atoms with van der Waals surface area (Å²) in [6.07, 6.45) is 5.09. The highest BCUT2D eigenvalue weighted by molar-refractivity contribution is 5.85. The summed E-state index contributed by atoms with van der Waals surface area (Å²) in [6.45, 7) is 3.94. The number of carbonyl (C=O) groups is 1. The molecule has 0 atom stereocenters. The number of imidazole rings is 1. The number of nitrogens with one attached hydrogen (secondary N) is 2. The molecule has 2 heterocycles. The van der Waals surface area contributed by atoms with E-state index in [0.29, 0.717) is 12.2 Å². The maximum Gasteiger partial charge on any atom is 0.223 e. The fourth-order valence-electron chi connectivity index (χ4n) is 2.91. The molecule has 1 saturated heterocycles. The smallest absolute Gasteiger partial charge is 0.223 e. The maximum atomic E-state index is 14.3. The first kappa shape index (κ1) is 18.4. The van der Waals surface area contributed by atoms with Crippen molar-refractivity contribution in [2.75, 3.05) is 13.1 Å². The molecule has 1 aliphatic rings. The lowest BCUT2D eigenvalue weighted by Gasteiger charge is -2.21. The van der Waals surface area contributed by atoms with Crippen LogP contribution < -0.4 is 10.6 Å². The average molecular weight is 353 g/mol. The third-order valence-corrected chi connectivity index (χ3v) is 4.27. The topological polar surface area (TPSA) is 59.0 Å². The molecule has 2 aromatic rings. The van der Waals surface area contributed by atoms with Crippen molar-refractivity contribution in [2.45, 2.75) is 26.3 Å². The fourth-order valence-corrected chi connectivity index (χ4v) is 2.91. The van der Waals surface area contributed by atoms with Gasteiger partial charge in [-0.25, -0.2) is 9.37 Å². The molecule has 0 radical (unpaired) electrons. The van der Waals surface area contributed by atoms with Crippen LogP contribution in [0.1, 0.15) is 24.2 Å². The Balaban J connectivity index is 0.00000208. The molecule has 0 bridgehead atoms. The molecule has 24 heavy (non-hydrogen) atoms. The first-order valence-electron chi connectivity index (χ1n) is 7.92. The lowest BCUT2D eigenvalue weighted by Crippen LogP contribution is -2.37. The van der Waals surface area contributed by atoms with Gasteiger partial charge in [0.2, 0.25) is 5.91 Å². The van der Waals surface area contributed by atoms with Crippen molar-refractivity contribution in [3.05, 3.63) is 47.8 Å². The van der Waals surface area contributed by atoms with E-state index in [-0.39, 0.29) is 30.0 Å². The molecule has 0 aliphatic carbocycles. The Kier molecular flexibility index (Phi) is 6.34. The van der Waals surface area contributed by atoms with Gasteiger partial charge in [-0.15, -0.1) is 12.4 Å². The van der Waals surface area contributed by atoms with Gasteiger partial charge in [-0.1, -0.05) is 6.07 Å². The van der Waals surface area contributed by atoms with Crippen molar-refractivity contribution < 1.29 is 9.18 Å². The SMILES string of the molecule is Cc1nccn1-c1ccc(CNC(=O)C2CCNCC2)cc1F.Cl. The van der Waals surface area contributed by atoms with Crippen LogP contribution in [0.25, 0.3) is 5.69 Å². The highest BCUT2D eigenvalue weighted by Crippen LogP contribution is 2.17. The van der Waals surface area contributed by atoms with E-state index in [1.165, 1.54) is 6.07 Å². The minimum Gasteiger partial charge on any atom is -0.352 e. The molecule has 7 heteroatoms. The van der Waals surface area contributed by atoms with Crippen LogP contribution in [0.2, 0.25) is 0 Å². The van der Waals surface area contributed by atoms with Gasteiger partial charge in [0, 0.05) is 24.9 Å². The van der Waals surface area contributed by atoms with Gasteiger partial charge < -0.3 is 15.2 Å². The Morgan fingerprint density at radius 1 is 1.42 bits per heavy atom. The Labute approximate surface area is 147 Å². The van der Waals surface area contributed by atoms with Crippen molar-refractivity contribution in [1.29, 1.82) is 0 Å². The molecule has 130 valence electrons. The van der Waals surface area contributed by atoms with Crippen molar-refractivity contribution >= 4 is 18.3 Å². The number of rotatable bonds is 4. The number of nitrogens with zero attached hydrogens (tertiary/aromatic N) is 2. The largest absolute Gasteiger partial charge is 0.352 e. The van der Waals surface area contributed by atoms with Gasteiger partial charge in [-0.3, -0.25) is 4.79 Å². The number of aromatic nitrogens is 2. The van der Waals surface area contributed by atoms with E-state index >= 15 is 0 Å². The van der Waals surface area contributed by atoms with Crippen LogP contribution in [0.3, 0.4) is 0 Å². The number of hydrogen-bond donors (Lipinski definition) is 2. The second-order valence-electron chi connectivity index (χ2n) is 5.87. The Bertz CT molecular complexity index is 698. The van der Waals surface area contributed by atoms with Gasteiger partial charge in [0.15, 0.2) is 0 Å². The Morgan fingerprint density at radius 3 is 2.79 bits per heavy atom. The van der Waals surface area contributed by atoms with E-state index < -0.39 is 0 Å². The number of hydrogen-bond acceptors (Lipinski definition) is 3. The van der Waals surface area contributed by atoms with E-state index in [1.54, 1.807) is 23.0 Å². The molecule has 1 aliphatic heterocycles. The molecule has 5 nitrogen and oxygen atoms in total. The summed E-state index contributed by atoms with van der Waals surface area (Å²) in [7, 11) is 0. The summed E-state index contributed by atoms with van der Waals surface area (Å²) in [5.41, 5.74) is 1.22. The van der Waals surface area contributed by atoms with Crippen LogP contribution in [-0.4, -0.2) is 28.5 Å². The van der Waals surface area contributed by atoms with Crippen molar-refractivity contribution in [3.63, 3.8) is 0 Å². The van der Waals surface area contributed by atoms with E-state index in [4.69, 9.17) is 0 Å². The van der Waals surface area contributed by atoms with Crippen LogP contribution >= 0.6 is 12.4 Å². The molecule has 2 N–H and O–H groups in total. The van der Waals surface area contributed by atoms with Crippen molar-refractivity contribution in [1.82, 2.24) is 20.2 Å². The number of piperidine rings is 1. The Morgan fingerprint density at radius 2 is 2.17 bits per heavy atom. The number of benzene rings is 1. The molecule has 1 amide bonds. The first-order valence-corrected chi connectivity index (χ1v) is 7.92. The van der Waals surface area contributed by atoms with E-state index in [1.807, 2.05) is 13.0 Å². The predicted octanol–water partition coefficient (Wildman–Crippen LogP) is 2.36. The second-order valence-corrected chi connectivity index (χ2v) is 5.87. The molecule has 1 fully saturated rings. The zero-order valence-electron chi connectivity index (χ0n) is 13.6. The zero-order chi connectivity index (χ0) is 16.2. The van der Waals surface area contributed by atoms with Gasteiger partial charge in [0.1, 0.15) is 11.6 Å². The summed E-state index contributed by atoms with van der Waals surface area (Å²) in [4.78, 5) is 16.2. The van der Waals surface area contributed by atoms with Gasteiger partial charge in [-0.2, -0.15) is 0 Å². The normalized spacial score (nSPS) is 14.9. The van der Waals surface area contributed by atoms with E-state index in [2.05, 4.69) is 15.6 Å². The minimum absolute atomic E-state index is 0. The fraction of sp³-hybridized carbons (Fsp3) is 0.412. The number of aryl methyl sites for hydroxylation is 1. The molecule has 0 spiro atoms. The lowest BCUT2D eigenvalue weighted by molar-refractivity contribution is -0.125. The van der Waals surface area contributed by atoms with Gasteiger partial charge in [0.25, 0.3) is 0 Å². The van der Waals surface area contributed by atoms with Gasteiger partial charge >= 0.3 is 0 Å². The van der Waals surface area contributed by atoms with Gasteiger partial charge in [-0.05, 0) is 50.6 Å². The summed E-state index contributed by atoms with van der Waals surface area (Å²) in [6, 6.07) is 5.02. The molecule has 0 saturated carbocycles. The van der Waals surface area contributed by atoms with Crippen LogP contribution in [0.15, 0.2) is 30.6 Å². The Hall–Kier alpha value is -1.92. The molecule has 1 aromatic heterocycles. The molecule has 0 unspecified atom stereocenters. The number of amides is 1. The third kappa shape index (κ3) is 4.13. The summed E-state index contributed by atoms with van der Waals surface area (Å²) < 4.78 is 16.0. The molecular weight excluding hydrogens is 331 g/mol. The minimum atomic E-state index is -0.320. The average Bonchev–Trinajstić information content (AvgIpc) is 2.99. The lowest BCUT2D eigenvalue weighted by atomic mass is 9.97. The standard InChI is InChI=1S/C17H21FN4O.ClH/c1-12-20-8-9-22(12)16-3-2-13(10-15(16)18)11-21-17(23)14-4-6-19-7-5-14;/h2-3,8-10,14,19H,4-7,11H2,1H3,(H,21,23);1H. The third-order valence-electron chi connectivity index (χ3n) is 4.27. The quantitative estimate of drug-likeness (QED) is 0.888. The highest BCUT2D eigenvalue weighted by Gasteiger charge is 2.20. The van der Waals surface area contributed by atoms with E-state index in [9.17, 15) is 9.18 Å². The second kappa shape index (κ2) is 8.26. The summed E-state index contributed by atoms with van der Waals surface area (Å²) >= 11 is 0. The number of halogens is 2. The molecule has 3 rings (SSSR count). The van der Waals surface area contributed by atoms with Crippen molar-refractivity contribution in [3.8, 4) is 5.69 Å². The highest BCUT2D eigenvalue weighted by atomic mass is 35.5. The van der Waals surface area contributed by atoms with Crippen LogP contribution in [-0.2, 0) is 11.3 Å². The van der Waals surface area contributed by atoms with Crippen molar-refractivity contribution in [2.24, 2.45) is 5.92 Å². The first-order chi connectivity index (χ1) is 11.1. The summed E-state index contributed by atoms with van der Waals surface area (Å²) in [5.74, 6) is 0.533. The molecular formula is C17H22ClFN4O. The zero-order valence-corrected chi connectivity index (χ0v) is 14.4. The number of carbonyl (C=O) groups excluding carboxylic acids is 1. The maximum absolute atomic E-state index is 14.3. The van der Waals surface area contributed by atoms with Gasteiger partial charge in [0.05, 0.1) is 5.69 Å². The summed E-state index contributed by atoms with van der Waals surface area (Å²) in [5, 5.41) is 6.15. The van der Waals surface area contributed by atoms with Crippen LogP contribution in [0, 0.1) is 18.7 Å².